The van der Waals surface area contributed by atoms with Crippen molar-refractivity contribution in [1.82, 2.24) is 9.97 Å². The molecule has 0 saturated carbocycles. The normalized spacial score (nSPS) is 15.7. The van der Waals surface area contributed by atoms with Gasteiger partial charge in [0.15, 0.2) is 0 Å². The second-order valence-electron chi connectivity index (χ2n) is 2.72. The summed E-state index contributed by atoms with van der Waals surface area (Å²) < 4.78 is 1.08. The molecule has 0 fully saturated rings. The molecule has 1 aromatic heterocycles. The van der Waals surface area contributed by atoms with Crippen LogP contribution in [0.4, 0.5) is 0 Å². The number of hydrogen-bond donors (Lipinski definition) is 0. The van der Waals surface area contributed by atoms with Crippen LogP contribution in [-0.2, 0) is 0 Å². The largest absolute Gasteiger partial charge is 0.244 e. The molecule has 1 rings (SSSR count). The Hall–Kier alpha value is 0.100. The van der Waals surface area contributed by atoms with Crippen LogP contribution in [0, 0.1) is 3.57 Å². The average molecular weight is 297 g/mol. The fraction of sp³-hybridized carbons (Fsp3) is 0.500. The van der Waals surface area contributed by atoms with Gasteiger partial charge >= 0.3 is 0 Å². The van der Waals surface area contributed by atoms with E-state index >= 15 is 0 Å². The van der Waals surface area contributed by atoms with Gasteiger partial charge in [-0.1, -0.05) is 6.92 Å². The molecule has 12 heavy (non-hydrogen) atoms. The summed E-state index contributed by atoms with van der Waals surface area (Å²) in [6.45, 7) is 4.05. The summed E-state index contributed by atoms with van der Waals surface area (Å²) >= 11 is 8.20. The lowest BCUT2D eigenvalue weighted by molar-refractivity contribution is 0.707. The Balaban J connectivity index is 2.94. The summed E-state index contributed by atoms with van der Waals surface area (Å²) in [5.74, 6) is 0.279. The van der Waals surface area contributed by atoms with Crippen LogP contribution in [-0.4, -0.2) is 15.3 Å². The van der Waals surface area contributed by atoms with Gasteiger partial charge in [-0.25, -0.2) is 9.97 Å². The average Bonchev–Trinajstić information content (AvgIpc) is 2.04. The Bertz CT molecular complexity index is 265. The zero-order valence-corrected chi connectivity index (χ0v) is 9.87. The fourth-order valence-electron chi connectivity index (χ4n) is 0.875. The van der Waals surface area contributed by atoms with Gasteiger partial charge in [-0.15, -0.1) is 11.6 Å². The number of aromatic nitrogens is 2. The van der Waals surface area contributed by atoms with E-state index in [0.717, 1.165) is 9.26 Å². The summed E-state index contributed by atoms with van der Waals surface area (Å²) in [7, 11) is 0. The highest BCUT2D eigenvalue weighted by molar-refractivity contribution is 14.1. The van der Waals surface area contributed by atoms with Crippen LogP contribution >= 0.6 is 34.2 Å². The van der Waals surface area contributed by atoms with Gasteiger partial charge in [0, 0.05) is 17.5 Å². The van der Waals surface area contributed by atoms with Gasteiger partial charge in [-0.05, 0) is 29.5 Å². The minimum atomic E-state index is 0.105. The fourth-order valence-corrected chi connectivity index (χ4v) is 1.79. The third-order valence-electron chi connectivity index (χ3n) is 1.82. The van der Waals surface area contributed by atoms with Gasteiger partial charge in [0.05, 0.1) is 9.26 Å². The predicted molar refractivity (Wildman–Crippen MR) is 58.5 cm³/mol. The maximum absolute atomic E-state index is 5.97. The molecule has 0 N–H and O–H groups in total. The Kier molecular flexibility index (Phi) is 3.71. The summed E-state index contributed by atoms with van der Waals surface area (Å²) in [6.07, 6.45) is 3.37. The van der Waals surface area contributed by atoms with Crippen LogP contribution in [0.5, 0.6) is 0 Å². The van der Waals surface area contributed by atoms with E-state index in [0.29, 0.717) is 0 Å². The SMILES string of the molecule is CC(Cl)C(C)c1ncncc1I. The van der Waals surface area contributed by atoms with Gasteiger partial charge in [0.1, 0.15) is 6.33 Å². The van der Waals surface area contributed by atoms with E-state index in [2.05, 4.69) is 39.5 Å². The zero-order chi connectivity index (χ0) is 9.14. The Morgan fingerprint density at radius 1 is 1.50 bits per heavy atom. The van der Waals surface area contributed by atoms with Crippen molar-refractivity contribution in [2.24, 2.45) is 0 Å². The van der Waals surface area contributed by atoms with Crippen LogP contribution < -0.4 is 0 Å². The third-order valence-corrected chi connectivity index (χ3v) is 3.03. The monoisotopic (exact) mass is 296 g/mol. The highest BCUT2D eigenvalue weighted by atomic mass is 127. The molecule has 0 radical (unpaired) electrons. The van der Waals surface area contributed by atoms with Crippen molar-refractivity contribution >= 4 is 34.2 Å². The molecular formula is C8H10ClIN2. The van der Waals surface area contributed by atoms with E-state index < -0.39 is 0 Å². The van der Waals surface area contributed by atoms with Crippen LogP contribution in [0.3, 0.4) is 0 Å². The molecule has 0 amide bonds. The van der Waals surface area contributed by atoms with Crippen molar-refractivity contribution < 1.29 is 0 Å². The lowest BCUT2D eigenvalue weighted by atomic mass is 10.1. The quantitative estimate of drug-likeness (QED) is 0.619. The van der Waals surface area contributed by atoms with Crippen LogP contribution in [0.1, 0.15) is 25.5 Å². The molecule has 0 aliphatic carbocycles. The smallest absolute Gasteiger partial charge is 0.115 e. The van der Waals surface area contributed by atoms with Crippen molar-refractivity contribution in [3.63, 3.8) is 0 Å². The molecule has 4 heteroatoms. The summed E-state index contributed by atoms with van der Waals surface area (Å²) in [4.78, 5) is 8.12. The minimum Gasteiger partial charge on any atom is -0.244 e. The summed E-state index contributed by atoms with van der Waals surface area (Å²) in [5.41, 5.74) is 1.04. The van der Waals surface area contributed by atoms with Crippen LogP contribution in [0.25, 0.3) is 0 Å². The zero-order valence-electron chi connectivity index (χ0n) is 6.96. The number of rotatable bonds is 2. The maximum atomic E-state index is 5.97. The predicted octanol–water partition coefficient (Wildman–Crippen LogP) is 2.81. The lowest BCUT2D eigenvalue weighted by Gasteiger charge is -2.13. The van der Waals surface area contributed by atoms with Gasteiger partial charge in [-0.3, -0.25) is 0 Å². The van der Waals surface area contributed by atoms with E-state index in [9.17, 15) is 0 Å². The highest BCUT2D eigenvalue weighted by Gasteiger charge is 2.15. The van der Waals surface area contributed by atoms with Crippen LogP contribution in [0.15, 0.2) is 12.5 Å². The first-order chi connectivity index (χ1) is 5.63. The van der Waals surface area contributed by atoms with E-state index in [4.69, 9.17) is 11.6 Å². The molecule has 2 atom stereocenters. The van der Waals surface area contributed by atoms with Crippen molar-refractivity contribution in [3.05, 3.63) is 21.8 Å². The first-order valence-corrected chi connectivity index (χ1v) is 5.24. The first kappa shape index (κ1) is 10.2. The molecule has 1 aromatic rings. The Labute approximate surface area is 90.9 Å². The molecule has 2 unspecified atom stereocenters. The van der Waals surface area contributed by atoms with E-state index in [1.54, 1.807) is 12.5 Å². The molecule has 66 valence electrons. The highest BCUT2D eigenvalue weighted by Crippen LogP contribution is 2.24. The number of halogens is 2. The maximum Gasteiger partial charge on any atom is 0.115 e. The second-order valence-corrected chi connectivity index (χ2v) is 4.57. The molecular weight excluding hydrogens is 286 g/mol. The molecule has 0 bridgehead atoms. The first-order valence-electron chi connectivity index (χ1n) is 3.72. The number of hydrogen-bond acceptors (Lipinski definition) is 2. The molecule has 1 heterocycles. The minimum absolute atomic E-state index is 0.105. The molecule has 0 spiro atoms. The Morgan fingerprint density at radius 2 is 2.17 bits per heavy atom. The van der Waals surface area contributed by atoms with E-state index in [-0.39, 0.29) is 11.3 Å². The second kappa shape index (κ2) is 4.37. The molecule has 0 aliphatic heterocycles. The van der Waals surface area contributed by atoms with Crippen molar-refractivity contribution in [2.45, 2.75) is 25.1 Å². The van der Waals surface area contributed by atoms with Crippen molar-refractivity contribution in [3.8, 4) is 0 Å². The van der Waals surface area contributed by atoms with Gasteiger partial charge in [0.25, 0.3) is 0 Å². The van der Waals surface area contributed by atoms with Gasteiger partial charge < -0.3 is 0 Å². The standard InChI is InChI=1S/C8H10ClIN2/c1-5(6(2)9)8-7(10)3-11-4-12-8/h3-6H,1-2H3. The molecule has 0 saturated heterocycles. The van der Waals surface area contributed by atoms with E-state index in [1.165, 1.54) is 0 Å². The topological polar surface area (TPSA) is 25.8 Å². The van der Waals surface area contributed by atoms with Crippen molar-refractivity contribution in [2.75, 3.05) is 0 Å². The van der Waals surface area contributed by atoms with Gasteiger partial charge in [0.2, 0.25) is 0 Å². The summed E-state index contributed by atoms with van der Waals surface area (Å²) in [5, 5.41) is 0.105. The van der Waals surface area contributed by atoms with E-state index in [1.807, 2.05) is 6.92 Å². The molecule has 2 nitrogen and oxygen atoms in total. The molecule has 0 aliphatic rings. The van der Waals surface area contributed by atoms with Crippen molar-refractivity contribution in [1.29, 1.82) is 0 Å². The number of nitrogens with zero attached hydrogens (tertiary/aromatic N) is 2. The van der Waals surface area contributed by atoms with Crippen LogP contribution in [0.2, 0.25) is 0 Å². The van der Waals surface area contributed by atoms with Gasteiger partial charge in [-0.2, -0.15) is 0 Å². The number of alkyl halides is 1. The molecule has 0 aromatic carbocycles. The Morgan fingerprint density at radius 3 is 2.67 bits per heavy atom. The lowest BCUT2D eigenvalue weighted by Crippen LogP contribution is -2.09. The summed E-state index contributed by atoms with van der Waals surface area (Å²) in [6, 6.07) is 0. The third kappa shape index (κ3) is 2.29.